The molecule has 0 amide bonds. The van der Waals surface area contributed by atoms with Gasteiger partial charge in [-0.1, -0.05) is 48.6 Å². The van der Waals surface area contributed by atoms with E-state index in [1.54, 1.807) is 0 Å². The highest BCUT2D eigenvalue weighted by Gasteiger charge is 2.35. The van der Waals surface area contributed by atoms with Crippen molar-refractivity contribution in [3.63, 3.8) is 0 Å². The van der Waals surface area contributed by atoms with Crippen LogP contribution in [0, 0.1) is 0 Å². The summed E-state index contributed by atoms with van der Waals surface area (Å²) in [6.07, 6.45) is 12.9. The van der Waals surface area contributed by atoms with Gasteiger partial charge in [-0.2, -0.15) is 0 Å². The van der Waals surface area contributed by atoms with Crippen molar-refractivity contribution in [2.45, 2.75) is 63.6 Å². The molecular weight excluding hydrogens is 706 g/mol. The van der Waals surface area contributed by atoms with E-state index in [0.717, 1.165) is 72.2 Å². The first-order valence-corrected chi connectivity index (χ1v) is 13.8. The molecule has 0 radical (unpaired) electrons. The maximum absolute atomic E-state index is 12.9. The Bertz CT molecular complexity index is 954. The largest absolute Gasteiger partial charge is 1.00 e. The summed E-state index contributed by atoms with van der Waals surface area (Å²) in [7, 11) is 4.50. The smallest absolute Gasteiger partial charge is 0.307 e. The molecule has 212 valence electrons. The Hall–Kier alpha value is -0.980. The summed E-state index contributed by atoms with van der Waals surface area (Å²) in [6.45, 7) is 6.01. The van der Waals surface area contributed by atoms with Crippen molar-refractivity contribution in [1.82, 2.24) is 0 Å². The molecule has 2 fully saturated rings. The summed E-state index contributed by atoms with van der Waals surface area (Å²) in [4.78, 5) is 25.7. The molecule has 1 aliphatic carbocycles. The first kappa shape index (κ1) is 33.2. The number of esters is 2. The van der Waals surface area contributed by atoms with Crippen LogP contribution in [0.5, 0.6) is 0 Å². The number of carbonyl (C=O) groups is 2. The van der Waals surface area contributed by atoms with E-state index in [0.29, 0.717) is 0 Å². The average Bonchev–Trinajstić information content (AvgIpc) is 3.51. The molecule has 1 aromatic rings. The Balaban J connectivity index is 0.00000253. The second-order valence-corrected chi connectivity index (χ2v) is 11.5. The molecule has 3 aliphatic rings. The number of benzene rings is 1. The van der Waals surface area contributed by atoms with Gasteiger partial charge in [0, 0.05) is 25.7 Å². The molecule has 1 aromatic carbocycles. The number of carbonyl (C=O) groups excluding carboxylic acids is 2. The Morgan fingerprint density at radius 1 is 0.763 bits per heavy atom. The third-order valence-corrected chi connectivity index (χ3v) is 8.15. The highest BCUT2D eigenvalue weighted by molar-refractivity contribution is 5.78. The molecule has 0 N–H and O–H groups in total. The van der Waals surface area contributed by atoms with Gasteiger partial charge in [0.25, 0.3) is 0 Å². The van der Waals surface area contributed by atoms with Crippen molar-refractivity contribution >= 4 is 11.9 Å². The third kappa shape index (κ3) is 9.89. The standard InChI is InChI=1S/C30H44N2O4.2HI/c1-31(19-9-10-20-31)23-27(25-13-5-3-6-14-25)35-29(33)17-18-30(34)36-28(26-15-7-4-8-16-26)24-32(2)21-11-12-22-32;;/h3,5-7,13-16,27-28H,4,8-12,17-24H2,1-2H3;2*1H/q+2;;/p-2. The molecule has 2 unspecified atom stereocenters. The molecule has 38 heavy (non-hydrogen) atoms. The van der Waals surface area contributed by atoms with Gasteiger partial charge in [-0.25, -0.2) is 0 Å². The molecule has 2 heterocycles. The van der Waals surface area contributed by atoms with Crippen LogP contribution in [0.1, 0.15) is 63.0 Å². The van der Waals surface area contributed by atoms with Gasteiger partial charge in [-0.05, 0) is 24.0 Å². The number of likely N-dealkylation sites (N-methyl/N-ethyl adjacent to an activating group) is 2. The van der Waals surface area contributed by atoms with Crippen molar-refractivity contribution in [2.75, 3.05) is 53.4 Å². The van der Waals surface area contributed by atoms with E-state index in [2.05, 4.69) is 32.3 Å². The van der Waals surface area contributed by atoms with E-state index in [9.17, 15) is 9.59 Å². The average molecular weight is 751 g/mol. The summed E-state index contributed by atoms with van der Waals surface area (Å²) in [5, 5.41) is 0. The lowest BCUT2D eigenvalue weighted by atomic mass is 10.0. The van der Waals surface area contributed by atoms with Crippen molar-refractivity contribution in [3.8, 4) is 0 Å². The minimum absolute atomic E-state index is 0. The van der Waals surface area contributed by atoms with Crippen LogP contribution in [0.25, 0.3) is 0 Å². The van der Waals surface area contributed by atoms with Crippen LogP contribution in [0.3, 0.4) is 0 Å². The predicted octanol–water partition coefficient (Wildman–Crippen LogP) is -1.27. The van der Waals surface area contributed by atoms with E-state index in [1.807, 2.05) is 30.3 Å². The van der Waals surface area contributed by atoms with Crippen LogP contribution in [0.2, 0.25) is 0 Å². The molecule has 2 saturated heterocycles. The minimum atomic E-state index is -0.335. The van der Waals surface area contributed by atoms with Crippen molar-refractivity contribution < 1.29 is 76.0 Å². The monoisotopic (exact) mass is 750 g/mol. The molecular formula is C30H44I2N2O4. The maximum atomic E-state index is 12.9. The van der Waals surface area contributed by atoms with Gasteiger partial charge in [0.15, 0.2) is 12.2 Å². The third-order valence-electron chi connectivity index (χ3n) is 8.15. The zero-order valence-electron chi connectivity index (χ0n) is 23.0. The summed E-state index contributed by atoms with van der Waals surface area (Å²) >= 11 is 0. The summed E-state index contributed by atoms with van der Waals surface area (Å²) < 4.78 is 13.8. The Labute approximate surface area is 263 Å². The van der Waals surface area contributed by atoms with Crippen molar-refractivity contribution in [3.05, 3.63) is 59.7 Å². The number of quaternary nitrogens is 2. The van der Waals surface area contributed by atoms with Gasteiger partial charge < -0.3 is 66.4 Å². The first-order valence-electron chi connectivity index (χ1n) is 13.8. The van der Waals surface area contributed by atoms with Crippen LogP contribution < -0.4 is 48.0 Å². The zero-order chi connectivity index (χ0) is 25.4. The predicted molar refractivity (Wildman–Crippen MR) is 141 cm³/mol. The maximum Gasteiger partial charge on any atom is 0.307 e. The van der Waals surface area contributed by atoms with Crippen LogP contribution in [0.15, 0.2) is 54.1 Å². The SMILES string of the molecule is C[N+]1(CC(OC(=O)CCC(=O)OC(C[N+]2(C)CCCC2)c2ccccc2)C2=CCCC=C2)CCCC1.[I-].[I-]. The topological polar surface area (TPSA) is 52.6 Å². The summed E-state index contributed by atoms with van der Waals surface area (Å²) in [5.41, 5.74) is 2.11. The normalized spacial score (nSPS) is 20.8. The number of nitrogens with zero attached hydrogens (tertiary/aromatic N) is 2. The molecule has 2 aliphatic heterocycles. The van der Waals surface area contributed by atoms with E-state index in [-0.39, 0.29) is 84.9 Å². The lowest BCUT2D eigenvalue weighted by Gasteiger charge is -2.33. The molecule has 0 saturated carbocycles. The lowest BCUT2D eigenvalue weighted by molar-refractivity contribution is -0.901. The van der Waals surface area contributed by atoms with Crippen molar-refractivity contribution in [2.24, 2.45) is 0 Å². The number of ether oxygens (including phenoxy) is 2. The van der Waals surface area contributed by atoms with Gasteiger partial charge in [-0.15, -0.1) is 0 Å². The number of hydrogen-bond donors (Lipinski definition) is 0. The van der Waals surface area contributed by atoms with Gasteiger partial charge in [0.2, 0.25) is 0 Å². The highest BCUT2D eigenvalue weighted by atomic mass is 127. The van der Waals surface area contributed by atoms with E-state index in [1.165, 1.54) is 25.7 Å². The van der Waals surface area contributed by atoms with E-state index >= 15 is 0 Å². The summed E-state index contributed by atoms with van der Waals surface area (Å²) in [5.74, 6) is -0.657. The van der Waals surface area contributed by atoms with Crippen LogP contribution >= 0.6 is 0 Å². The van der Waals surface area contributed by atoms with Crippen LogP contribution in [0.4, 0.5) is 0 Å². The van der Waals surface area contributed by atoms with Gasteiger partial charge in [0.1, 0.15) is 13.1 Å². The molecule has 4 rings (SSSR count). The first-order chi connectivity index (χ1) is 17.3. The van der Waals surface area contributed by atoms with Gasteiger partial charge >= 0.3 is 11.9 Å². The molecule has 0 aromatic heterocycles. The molecule has 8 heteroatoms. The fourth-order valence-corrected chi connectivity index (χ4v) is 5.96. The van der Waals surface area contributed by atoms with Crippen molar-refractivity contribution in [1.29, 1.82) is 0 Å². The number of halogens is 2. The number of rotatable bonds is 11. The second-order valence-electron chi connectivity index (χ2n) is 11.5. The summed E-state index contributed by atoms with van der Waals surface area (Å²) in [6, 6.07) is 9.98. The minimum Gasteiger partial charge on any atom is -1.00 e. The van der Waals surface area contributed by atoms with Gasteiger partial charge in [-0.3, -0.25) is 9.59 Å². The number of allylic oxidation sites excluding steroid dienone is 2. The van der Waals surface area contributed by atoms with E-state index in [4.69, 9.17) is 9.47 Å². The fraction of sp³-hybridized carbons (Fsp3) is 0.600. The Morgan fingerprint density at radius 2 is 1.26 bits per heavy atom. The molecule has 2 atom stereocenters. The van der Waals surface area contributed by atoms with Gasteiger partial charge in [0.05, 0.1) is 53.1 Å². The van der Waals surface area contributed by atoms with E-state index < -0.39 is 0 Å². The zero-order valence-corrected chi connectivity index (χ0v) is 27.3. The number of hydrogen-bond acceptors (Lipinski definition) is 4. The fourth-order valence-electron chi connectivity index (χ4n) is 5.96. The quantitative estimate of drug-likeness (QED) is 0.161. The molecule has 6 nitrogen and oxygen atoms in total. The van der Waals surface area contributed by atoms with Crippen LogP contribution in [-0.4, -0.2) is 80.4 Å². The second kappa shape index (κ2) is 15.7. The highest BCUT2D eigenvalue weighted by Crippen LogP contribution is 2.27. The molecule has 0 spiro atoms. The Kier molecular flexibility index (Phi) is 13.7. The lowest BCUT2D eigenvalue weighted by Crippen LogP contribution is -3.00. The Morgan fingerprint density at radius 3 is 1.76 bits per heavy atom. The van der Waals surface area contributed by atoms with Crippen LogP contribution in [-0.2, 0) is 19.1 Å². The molecule has 0 bridgehead atoms. The number of likely N-dealkylation sites (tertiary alicyclic amines) is 2.